The molecule has 0 N–H and O–H groups in total. The van der Waals surface area contributed by atoms with Crippen molar-refractivity contribution in [3.05, 3.63) is 47.5 Å². The SMILES string of the molecule is COCc1cn([C@H]2CCN(C(=O)c3ccccc3F)C2)nn1. The number of amides is 1. The Balaban J connectivity index is 1.69. The molecule has 1 amide bonds. The molecule has 1 fully saturated rings. The van der Waals surface area contributed by atoms with Crippen molar-refractivity contribution >= 4 is 5.91 Å². The highest BCUT2D eigenvalue weighted by atomic mass is 19.1. The fourth-order valence-electron chi connectivity index (χ4n) is 2.65. The molecule has 116 valence electrons. The Hall–Kier alpha value is -2.28. The van der Waals surface area contributed by atoms with E-state index in [-0.39, 0.29) is 17.5 Å². The molecule has 2 heterocycles. The van der Waals surface area contributed by atoms with E-state index in [4.69, 9.17) is 4.74 Å². The third-order valence-corrected chi connectivity index (χ3v) is 3.78. The number of rotatable bonds is 4. The van der Waals surface area contributed by atoms with Gasteiger partial charge in [0.25, 0.3) is 5.91 Å². The number of nitrogens with zero attached hydrogens (tertiary/aromatic N) is 4. The predicted octanol–water partition coefficient (Wildman–Crippen LogP) is 1.65. The molecular weight excluding hydrogens is 287 g/mol. The lowest BCUT2D eigenvalue weighted by atomic mass is 10.2. The van der Waals surface area contributed by atoms with Gasteiger partial charge in [-0.1, -0.05) is 17.3 Å². The summed E-state index contributed by atoms with van der Waals surface area (Å²) in [6.07, 6.45) is 2.60. The zero-order valence-corrected chi connectivity index (χ0v) is 12.3. The van der Waals surface area contributed by atoms with E-state index in [1.807, 2.05) is 6.20 Å². The second-order valence-corrected chi connectivity index (χ2v) is 5.30. The van der Waals surface area contributed by atoms with Crippen LogP contribution in [-0.2, 0) is 11.3 Å². The van der Waals surface area contributed by atoms with E-state index in [1.165, 1.54) is 12.1 Å². The largest absolute Gasteiger partial charge is 0.378 e. The molecular formula is C15H17FN4O2. The number of halogens is 1. The fraction of sp³-hybridized carbons (Fsp3) is 0.400. The molecule has 0 bridgehead atoms. The number of methoxy groups -OCH3 is 1. The Bertz CT molecular complexity index is 673. The molecule has 6 nitrogen and oxygen atoms in total. The van der Waals surface area contributed by atoms with Crippen molar-refractivity contribution in [2.45, 2.75) is 19.1 Å². The van der Waals surface area contributed by atoms with Crippen molar-refractivity contribution < 1.29 is 13.9 Å². The van der Waals surface area contributed by atoms with Gasteiger partial charge in [-0.3, -0.25) is 4.79 Å². The standard InChI is InChI=1S/C15H17FN4O2/c1-22-10-11-8-20(18-17-11)12-6-7-19(9-12)15(21)13-4-2-3-5-14(13)16/h2-5,8,12H,6-7,9-10H2,1H3/t12-/m0/s1. The summed E-state index contributed by atoms with van der Waals surface area (Å²) in [7, 11) is 1.60. The van der Waals surface area contributed by atoms with Crippen molar-refractivity contribution in [2.75, 3.05) is 20.2 Å². The van der Waals surface area contributed by atoms with Gasteiger partial charge < -0.3 is 9.64 Å². The Kier molecular flexibility index (Phi) is 4.15. The molecule has 1 aromatic carbocycles. The highest BCUT2D eigenvalue weighted by Gasteiger charge is 2.29. The monoisotopic (exact) mass is 304 g/mol. The zero-order valence-electron chi connectivity index (χ0n) is 12.3. The molecule has 1 aliphatic heterocycles. The lowest BCUT2D eigenvalue weighted by Gasteiger charge is -2.16. The average Bonchev–Trinajstić information content (AvgIpc) is 3.16. The number of benzene rings is 1. The number of aromatic nitrogens is 3. The van der Waals surface area contributed by atoms with Crippen LogP contribution in [0.1, 0.15) is 28.5 Å². The van der Waals surface area contributed by atoms with E-state index in [1.54, 1.807) is 28.8 Å². The van der Waals surface area contributed by atoms with Crippen molar-refractivity contribution in [3.63, 3.8) is 0 Å². The molecule has 1 aliphatic rings. The number of ether oxygens (including phenoxy) is 1. The number of hydrogen-bond donors (Lipinski definition) is 0. The molecule has 1 aromatic heterocycles. The Labute approximate surface area is 127 Å². The highest BCUT2D eigenvalue weighted by molar-refractivity contribution is 5.94. The normalized spacial score (nSPS) is 17.9. The number of likely N-dealkylation sites (tertiary alicyclic amines) is 1. The van der Waals surface area contributed by atoms with E-state index in [2.05, 4.69) is 10.3 Å². The summed E-state index contributed by atoms with van der Waals surface area (Å²) in [5.74, 6) is -0.767. The third kappa shape index (κ3) is 2.85. The minimum Gasteiger partial charge on any atom is -0.378 e. The summed E-state index contributed by atoms with van der Waals surface area (Å²) in [4.78, 5) is 14.0. The van der Waals surface area contributed by atoms with Gasteiger partial charge in [0.2, 0.25) is 0 Å². The predicted molar refractivity (Wildman–Crippen MR) is 76.7 cm³/mol. The molecule has 22 heavy (non-hydrogen) atoms. The molecule has 7 heteroatoms. The van der Waals surface area contributed by atoms with Gasteiger partial charge >= 0.3 is 0 Å². The first kappa shape index (κ1) is 14.6. The smallest absolute Gasteiger partial charge is 0.256 e. The van der Waals surface area contributed by atoms with Gasteiger partial charge in [-0.15, -0.1) is 5.10 Å². The maximum absolute atomic E-state index is 13.7. The van der Waals surface area contributed by atoms with E-state index in [0.29, 0.717) is 19.7 Å². The summed E-state index contributed by atoms with van der Waals surface area (Å²) >= 11 is 0. The van der Waals surface area contributed by atoms with Crippen molar-refractivity contribution in [2.24, 2.45) is 0 Å². The minimum atomic E-state index is -0.487. The van der Waals surface area contributed by atoms with Crippen LogP contribution in [0.15, 0.2) is 30.5 Å². The first-order valence-corrected chi connectivity index (χ1v) is 7.12. The quantitative estimate of drug-likeness (QED) is 0.862. The van der Waals surface area contributed by atoms with Crippen LogP contribution < -0.4 is 0 Å². The van der Waals surface area contributed by atoms with Crippen LogP contribution in [0.25, 0.3) is 0 Å². The van der Waals surface area contributed by atoms with E-state index in [9.17, 15) is 9.18 Å². The topological polar surface area (TPSA) is 60.2 Å². The average molecular weight is 304 g/mol. The molecule has 0 radical (unpaired) electrons. The molecule has 0 aliphatic carbocycles. The second kappa shape index (κ2) is 6.23. The summed E-state index contributed by atoms with van der Waals surface area (Å²) < 4.78 is 20.5. The summed E-state index contributed by atoms with van der Waals surface area (Å²) in [6, 6.07) is 6.12. The Morgan fingerprint density at radius 2 is 2.27 bits per heavy atom. The van der Waals surface area contributed by atoms with Crippen LogP contribution in [0.5, 0.6) is 0 Å². The number of carbonyl (C=O) groups is 1. The first-order chi connectivity index (χ1) is 10.7. The van der Waals surface area contributed by atoms with Gasteiger partial charge in [0, 0.05) is 20.2 Å². The van der Waals surface area contributed by atoms with Gasteiger partial charge in [-0.2, -0.15) is 0 Å². The van der Waals surface area contributed by atoms with E-state index >= 15 is 0 Å². The van der Waals surface area contributed by atoms with Gasteiger partial charge in [-0.05, 0) is 18.6 Å². The maximum atomic E-state index is 13.7. The van der Waals surface area contributed by atoms with Crippen LogP contribution in [-0.4, -0.2) is 46.0 Å². The molecule has 1 atom stereocenters. The zero-order chi connectivity index (χ0) is 15.5. The lowest BCUT2D eigenvalue weighted by Crippen LogP contribution is -2.29. The molecule has 1 saturated heterocycles. The molecule has 0 unspecified atom stereocenters. The van der Waals surface area contributed by atoms with Crippen LogP contribution in [0.2, 0.25) is 0 Å². The number of carbonyl (C=O) groups excluding carboxylic acids is 1. The van der Waals surface area contributed by atoms with Crippen LogP contribution >= 0.6 is 0 Å². The number of hydrogen-bond acceptors (Lipinski definition) is 4. The van der Waals surface area contributed by atoms with E-state index < -0.39 is 5.82 Å². The van der Waals surface area contributed by atoms with Gasteiger partial charge in [-0.25, -0.2) is 9.07 Å². The van der Waals surface area contributed by atoms with Crippen LogP contribution in [0.3, 0.4) is 0 Å². The molecule has 0 spiro atoms. The fourth-order valence-corrected chi connectivity index (χ4v) is 2.65. The van der Waals surface area contributed by atoms with Gasteiger partial charge in [0.05, 0.1) is 24.4 Å². The van der Waals surface area contributed by atoms with Crippen molar-refractivity contribution in [3.8, 4) is 0 Å². The van der Waals surface area contributed by atoms with Gasteiger partial charge in [0.15, 0.2) is 0 Å². The summed E-state index contributed by atoms with van der Waals surface area (Å²) in [6.45, 7) is 1.49. The lowest BCUT2D eigenvalue weighted by molar-refractivity contribution is 0.0782. The molecule has 0 saturated carbocycles. The first-order valence-electron chi connectivity index (χ1n) is 7.12. The summed E-state index contributed by atoms with van der Waals surface area (Å²) in [5, 5.41) is 8.09. The van der Waals surface area contributed by atoms with E-state index in [0.717, 1.165) is 12.1 Å². The van der Waals surface area contributed by atoms with Crippen molar-refractivity contribution in [1.82, 2.24) is 19.9 Å². The Morgan fingerprint density at radius 1 is 1.45 bits per heavy atom. The molecule has 2 aromatic rings. The van der Waals surface area contributed by atoms with Crippen LogP contribution in [0, 0.1) is 5.82 Å². The maximum Gasteiger partial charge on any atom is 0.256 e. The summed E-state index contributed by atoms with van der Waals surface area (Å²) in [5.41, 5.74) is 0.864. The van der Waals surface area contributed by atoms with Crippen LogP contribution in [0.4, 0.5) is 4.39 Å². The van der Waals surface area contributed by atoms with Crippen molar-refractivity contribution in [1.29, 1.82) is 0 Å². The minimum absolute atomic E-state index is 0.0637. The Morgan fingerprint density at radius 3 is 3.05 bits per heavy atom. The third-order valence-electron chi connectivity index (χ3n) is 3.78. The van der Waals surface area contributed by atoms with Gasteiger partial charge in [0.1, 0.15) is 11.5 Å². The highest BCUT2D eigenvalue weighted by Crippen LogP contribution is 2.23. The second-order valence-electron chi connectivity index (χ2n) is 5.30. The molecule has 3 rings (SSSR count).